The molecule has 4 N–H and O–H groups in total. The maximum Gasteiger partial charge on any atom is 0.348 e. The summed E-state index contributed by atoms with van der Waals surface area (Å²) in [6, 6.07) is 8.64. The lowest BCUT2D eigenvalue weighted by molar-refractivity contribution is -0.171. The van der Waals surface area contributed by atoms with E-state index in [0.29, 0.717) is 5.56 Å². The summed E-state index contributed by atoms with van der Waals surface area (Å²) in [4.78, 5) is 23.2. The van der Waals surface area contributed by atoms with E-state index in [1.54, 1.807) is 42.7 Å². The SMILES string of the molecule is CCOC(=O)C(O)(Cc1ccccc1)C(=O)NN. The predicted molar refractivity (Wildman–Crippen MR) is 64.1 cm³/mol. The van der Waals surface area contributed by atoms with E-state index in [9.17, 15) is 14.7 Å². The number of carbonyl (C=O) groups excluding carboxylic acids is 2. The molecule has 1 aromatic carbocycles. The molecule has 0 aromatic heterocycles. The Bertz CT molecular complexity index is 421. The van der Waals surface area contributed by atoms with E-state index in [1.165, 1.54) is 0 Å². The van der Waals surface area contributed by atoms with Crippen molar-refractivity contribution in [2.75, 3.05) is 6.61 Å². The van der Waals surface area contributed by atoms with E-state index in [4.69, 9.17) is 10.6 Å². The maximum atomic E-state index is 11.7. The number of esters is 1. The second-order valence-electron chi connectivity index (χ2n) is 3.72. The van der Waals surface area contributed by atoms with Gasteiger partial charge in [-0.25, -0.2) is 10.6 Å². The van der Waals surface area contributed by atoms with Crippen molar-refractivity contribution in [2.24, 2.45) is 5.84 Å². The summed E-state index contributed by atoms with van der Waals surface area (Å²) in [6.45, 7) is 1.65. The molecule has 0 saturated carbocycles. The summed E-state index contributed by atoms with van der Waals surface area (Å²) in [7, 11) is 0. The number of carbonyl (C=O) groups is 2. The van der Waals surface area contributed by atoms with Gasteiger partial charge in [0, 0.05) is 6.42 Å². The smallest absolute Gasteiger partial charge is 0.348 e. The van der Waals surface area contributed by atoms with Crippen LogP contribution >= 0.6 is 0 Å². The van der Waals surface area contributed by atoms with Crippen molar-refractivity contribution in [1.82, 2.24) is 5.43 Å². The Kier molecular flexibility index (Phi) is 4.82. The number of ether oxygens (including phenoxy) is 1. The molecule has 0 fully saturated rings. The quantitative estimate of drug-likeness (QED) is 0.216. The van der Waals surface area contributed by atoms with Crippen LogP contribution in [-0.2, 0) is 20.7 Å². The predicted octanol–water partition coefficient (Wildman–Crippen LogP) is -0.487. The highest BCUT2D eigenvalue weighted by atomic mass is 16.5. The molecule has 0 aliphatic rings. The zero-order valence-corrected chi connectivity index (χ0v) is 10.1. The van der Waals surface area contributed by atoms with Crippen molar-refractivity contribution in [3.05, 3.63) is 35.9 Å². The molecule has 1 rings (SSSR count). The molecule has 0 heterocycles. The van der Waals surface area contributed by atoms with Gasteiger partial charge in [0.2, 0.25) is 5.60 Å². The molecule has 1 unspecified atom stereocenters. The lowest BCUT2D eigenvalue weighted by Crippen LogP contribution is -2.56. The van der Waals surface area contributed by atoms with Crippen molar-refractivity contribution in [2.45, 2.75) is 18.9 Å². The Morgan fingerprint density at radius 3 is 2.50 bits per heavy atom. The van der Waals surface area contributed by atoms with Crippen LogP contribution in [0.5, 0.6) is 0 Å². The lowest BCUT2D eigenvalue weighted by Gasteiger charge is -2.23. The van der Waals surface area contributed by atoms with Crippen LogP contribution in [0.25, 0.3) is 0 Å². The first-order valence-corrected chi connectivity index (χ1v) is 5.49. The molecular weight excluding hydrogens is 236 g/mol. The monoisotopic (exact) mass is 252 g/mol. The Balaban J connectivity index is 2.98. The first-order chi connectivity index (χ1) is 8.54. The van der Waals surface area contributed by atoms with Crippen LogP contribution in [-0.4, -0.2) is 29.2 Å². The number of nitrogens with one attached hydrogen (secondary N) is 1. The molecule has 18 heavy (non-hydrogen) atoms. The molecule has 0 aliphatic heterocycles. The third kappa shape index (κ3) is 3.06. The Labute approximate surface area is 105 Å². The summed E-state index contributed by atoms with van der Waals surface area (Å²) in [5.41, 5.74) is 0.0839. The van der Waals surface area contributed by atoms with Gasteiger partial charge < -0.3 is 9.84 Å². The van der Waals surface area contributed by atoms with Crippen molar-refractivity contribution in [3.63, 3.8) is 0 Å². The maximum absolute atomic E-state index is 11.7. The number of nitrogens with two attached hydrogens (primary N) is 1. The van der Waals surface area contributed by atoms with Crippen LogP contribution in [0.1, 0.15) is 12.5 Å². The van der Waals surface area contributed by atoms with Crippen LogP contribution in [0.15, 0.2) is 30.3 Å². The number of hydrazine groups is 1. The molecule has 0 bridgehead atoms. The normalized spacial score (nSPS) is 13.5. The first-order valence-electron chi connectivity index (χ1n) is 5.49. The number of benzene rings is 1. The zero-order chi connectivity index (χ0) is 13.6. The minimum Gasteiger partial charge on any atom is -0.463 e. The van der Waals surface area contributed by atoms with Crippen LogP contribution in [0, 0.1) is 0 Å². The highest BCUT2D eigenvalue weighted by molar-refractivity contribution is 6.05. The Morgan fingerprint density at radius 1 is 1.39 bits per heavy atom. The average Bonchev–Trinajstić information content (AvgIpc) is 2.39. The summed E-state index contributed by atoms with van der Waals surface area (Å²) >= 11 is 0. The molecule has 1 aromatic rings. The molecule has 1 amide bonds. The van der Waals surface area contributed by atoms with Crippen molar-refractivity contribution < 1.29 is 19.4 Å². The van der Waals surface area contributed by atoms with Crippen LogP contribution in [0.3, 0.4) is 0 Å². The fraction of sp³-hybridized carbons (Fsp3) is 0.333. The van der Waals surface area contributed by atoms with Gasteiger partial charge in [-0.1, -0.05) is 30.3 Å². The van der Waals surface area contributed by atoms with Gasteiger partial charge in [0.15, 0.2) is 0 Å². The van der Waals surface area contributed by atoms with E-state index < -0.39 is 17.5 Å². The molecule has 1 atom stereocenters. The van der Waals surface area contributed by atoms with Gasteiger partial charge in [-0.15, -0.1) is 0 Å². The topological polar surface area (TPSA) is 102 Å². The molecular formula is C12H16N2O4. The van der Waals surface area contributed by atoms with Crippen LogP contribution < -0.4 is 11.3 Å². The molecule has 0 spiro atoms. The van der Waals surface area contributed by atoms with E-state index >= 15 is 0 Å². The third-order valence-electron chi connectivity index (χ3n) is 2.42. The van der Waals surface area contributed by atoms with E-state index in [0.717, 1.165) is 0 Å². The van der Waals surface area contributed by atoms with Gasteiger partial charge >= 0.3 is 5.97 Å². The second-order valence-corrected chi connectivity index (χ2v) is 3.72. The minimum atomic E-state index is -2.31. The molecule has 0 aliphatic carbocycles. The number of hydrogen-bond donors (Lipinski definition) is 3. The lowest BCUT2D eigenvalue weighted by atomic mass is 9.94. The fourth-order valence-electron chi connectivity index (χ4n) is 1.51. The number of rotatable bonds is 5. The second kappa shape index (κ2) is 6.13. The molecule has 0 radical (unpaired) electrons. The fourth-order valence-corrected chi connectivity index (χ4v) is 1.51. The molecule has 98 valence electrons. The van der Waals surface area contributed by atoms with E-state index in [1.807, 2.05) is 0 Å². The van der Waals surface area contributed by atoms with E-state index in [-0.39, 0.29) is 13.0 Å². The standard InChI is InChI=1S/C12H16N2O4/c1-2-18-11(16)12(17,10(15)14-13)8-9-6-4-3-5-7-9/h3-7,17H,2,8,13H2,1H3,(H,14,15). The van der Waals surface area contributed by atoms with Crippen molar-refractivity contribution >= 4 is 11.9 Å². The minimum absolute atomic E-state index is 0.0633. The molecule has 6 heteroatoms. The largest absolute Gasteiger partial charge is 0.463 e. The first kappa shape index (κ1) is 14.1. The van der Waals surface area contributed by atoms with Crippen molar-refractivity contribution in [3.8, 4) is 0 Å². The summed E-state index contributed by atoms with van der Waals surface area (Å²) in [5, 5.41) is 10.2. The number of aliphatic hydroxyl groups is 1. The van der Waals surface area contributed by atoms with Crippen LogP contribution in [0.4, 0.5) is 0 Å². The molecule has 6 nitrogen and oxygen atoms in total. The Hall–Kier alpha value is -1.92. The third-order valence-corrected chi connectivity index (χ3v) is 2.42. The van der Waals surface area contributed by atoms with Gasteiger partial charge in [-0.3, -0.25) is 10.2 Å². The summed E-state index contributed by atoms with van der Waals surface area (Å²) < 4.78 is 4.70. The highest BCUT2D eigenvalue weighted by Gasteiger charge is 2.45. The molecule has 0 saturated heterocycles. The van der Waals surface area contributed by atoms with Gasteiger partial charge in [0.1, 0.15) is 0 Å². The number of amides is 1. The number of hydrogen-bond acceptors (Lipinski definition) is 5. The average molecular weight is 252 g/mol. The van der Waals surface area contributed by atoms with Crippen molar-refractivity contribution in [1.29, 1.82) is 0 Å². The van der Waals surface area contributed by atoms with Gasteiger partial charge in [-0.05, 0) is 12.5 Å². The van der Waals surface area contributed by atoms with Crippen LogP contribution in [0.2, 0.25) is 0 Å². The Morgan fingerprint density at radius 2 is 2.00 bits per heavy atom. The highest BCUT2D eigenvalue weighted by Crippen LogP contribution is 2.16. The summed E-state index contributed by atoms with van der Waals surface area (Å²) in [6.07, 6.45) is -0.199. The zero-order valence-electron chi connectivity index (χ0n) is 10.1. The van der Waals surface area contributed by atoms with Gasteiger partial charge in [0.05, 0.1) is 6.61 Å². The van der Waals surface area contributed by atoms with Gasteiger partial charge in [-0.2, -0.15) is 0 Å². The van der Waals surface area contributed by atoms with Gasteiger partial charge in [0.25, 0.3) is 5.91 Å². The summed E-state index contributed by atoms with van der Waals surface area (Å²) in [5.74, 6) is 2.97. The van der Waals surface area contributed by atoms with E-state index in [2.05, 4.69) is 0 Å².